The van der Waals surface area contributed by atoms with Crippen LogP contribution in [0.15, 0.2) is 40.8 Å². The number of thiocarbonyl (C=S) groups is 1. The van der Waals surface area contributed by atoms with Gasteiger partial charge in [0.25, 0.3) is 0 Å². The fourth-order valence-electron chi connectivity index (χ4n) is 4.02. The van der Waals surface area contributed by atoms with Gasteiger partial charge in [-0.2, -0.15) is 4.99 Å². The zero-order valence-corrected chi connectivity index (χ0v) is 15.7. The number of halogens is 1. The maximum atomic E-state index is 6.27. The molecule has 2 fully saturated rings. The van der Waals surface area contributed by atoms with Crippen LogP contribution < -0.4 is 10.1 Å². The van der Waals surface area contributed by atoms with Crippen molar-refractivity contribution in [3.8, 4) is 0 Å². The lowest BCUT2D eigenvalue weighted by molar-refractivity contribution is 0.391. The minimum absolute atomic E-state index is 0.525. The molecule has 126 valence electrons. The Bertz CT molecular complexity index is 810. The van der Waals surface area contributed by atoms with Gasteiger partial charge in [-0.15, -0.1) is 11.3 Å². The molecule has 1 heterocycles. The van der Waals surface area contributed by atoms with Gasteiger partial charge in [-0.25, -0.2) is 0 Å². The summed E-state index contributed by atoms with van der Waals surface area (Å²) >= 11 is 13.4. The number of hydrogen-bond donors (Lipinski definition) is 1. The van der Waals surface area contributed by atoms with Gasteiger partial charge in [0.05, 0.1) is 6.54 Å². The molecule has 1 aromatic carbocycles. The van der Waals surface area contributed by atoms with Gasteiger partial charge in [0.2, 0.25) is 0 Å². The first-order chi connectivity index (χ1) is 11.7. The Kier molecular flexibility index (Phi) is 4.74. The van der Waals surface area contributed by atoms with Crippen molar-refractivity contribution in [2.45, 2.75) is 38.3 Å². The third-order valence-electron chi connectivity index (χ3n) is 5.20. The van der Waals surface area contributed by atoms with Gasteiger partial charge in [0, 0.05) is 22.6 Å². The van der Waals surface area contributed by atoms with Crippen molar-refractivity contribution >= 4 is 40.3 Å². The van der Waals surface area contributed by atoms with E-state index in [4.69, 9.17) is 23.8 Å². The zero-order chi connectivity index (χ0) is 16.5. The second-order valence-electron chi connectivity index (χ2n) is 6.75. The molecule has 2 saturated carbocycles. The van der Waals surface area contributed by atoms with E-state index >= 15 is 0 Å². The fraction of sp³-hybridized carbons (Fsp3) is 0.444. The summed E-state index contributed by atoms with van der Waals surface area (Å²) in [6.45, 7) is 0.707. The van der Waals surface area contributed by atoms with Gasteiger partial charge in [0.1, 0.15) is 0 Å². The summed E-state index contributed by atoms with van der Waals surface area (Å²) in [4.78, 5) is 5.56. The number of nitrogens with zero attached hydrogens (tertiary/aromatic N) is 2. The van der Waals surface area contributed by atoms with E-state index in [1.807, 2.05) is 35.8 Å². The molecular formula is C18H20ClN3S2. The predicted octanol–water partition coefficient (Wildman–Crippen LogP) is 4.22. The molecule has 1 aromatic heterocycles. The molecule has 3 atom stereocenters. The van der Waals surface area contributed by atoms with E-state index in [0.717, 1.165) is 27.2 Å². The number of thiazole rings is 1. The van der Waals surface area contributed by atoms with E-state index in [0.29, 0.717) is 17.7 Å². The summed E-state index contributed by atoms with van der Waals surface area (Å²) in [5.74, 6) is 1.70. The second-order valence-corrected chi connectivity index (χ2v) is 8.41. The minimum atomic E-state index is 0.525. The molecule has 0 aliphatic heterocycles. The molecule has 0 spiro atoms. The van der Waals surface area contributed by atoms with Crippen molar-refractivity contribution in [2.75, 3.05) is 0 Å². The Morgan fingerprint density at radius 2 is 2.21 bits per heavy atom. The van der Waals surface area contributed by atoms with Crippen LogP contribution in [0.5, 0.6) is 0 Å². The van der Waals surface area contributed by atoms with Crippen LogP contribution in [0.25, 0.3) is 0 Å². The number of hydrogen-bond acceptors (Lipinski definition) is 2. The number of benzene rings is 1. The van der Waals surface area contributed by atoms with E-state index in [9.17, 15) is 0 Å². The summed E-state index contributed by atoms with van der Waals surface area (Å²) in [7, 11) is 0. The predicted molar refractivity (Wildman–Crippen MR) is 103 cm³/mol. The normalized spacial score (nSPS) is 26.0. The average Bonchev–Trinajstić information content (AvgIpc) is 3.27. The highest BCUT2D eigenvalue weighted by Crippen LogP contribution is 2.44. The Morgan fingerprint density at radius 3 is 2.96 bits per heavy atom. The second kappa shape index (κ2) is 6.98. The van der Waals surface area contributed by atoms with Crippen LogP contribution in [0.1, 0.15) is 31.2 Å². The van der Waals surface area contributed by atoms with Crippen molar-refractivity contribution in [3.05, 3.63) is 51.2 Å². The van der Waals surface area contributed by atoms with Crippen LogP contribution in [-0.4, -0.2) is 15.7 Å². The molecule has 0 saturated heterocycles. The zero-order valence-electron chi connectivity index (χ0n) is 13.3. The van der Waals surface area contributed by atoms with Crippen LogP contribution >= 0.6 is 35.2 Å². The number of aromatic nitrogens is 1. The number of rotatable bonds is 3. The van der Waals surface area contributed by atoms with Gasteiger partial charge < -0.3 is 9.88 Å². The first-order valence-corrected chi connectivity index (χ1v) is 10.1. The highest BCUT2D eigenvalue weighted by Gasteiger charge is 2.39. The summed E-state index contributed by atoms with van der Waals surface area (Å²) in [5.41, 5.74) is 1.09. The van der Waals surface area contributed by atoms with Gasteiger partial charge in [-0.05, 0) is 54.9 Å². The molecule has 24 heavy (non-hydrogen) atoms. The summed E-state index contributed by atoms with van der Waals surface area (Å²) in [6.07, 6.45) is 7.40. The standard InChI is InChI=1S/C18H20ClN3S2/c19-15-4-2-1-3-14(15)11-22-7-8-24-18(22)21-17(23)20-16-10-12-5-6-13(16)9-12/h1-4,7-8,12-13,16H,5-6,9-11H2,(H,20,23)/t12-,13-,16-/m1/s1. The smallest absolute Gasteiger partial charge is 0.195 e. The van der Waals surface area contributed by atoms with Crippen LogP contribution in [0.3, 0.4) is 0 Å². The van der Waals surface area contributed by atoms with E-state index in [1.165, 1.54) is 25.7 Å². The Balaban J connectivity index is 1.48. The molecular weight excluding hydrogens is 358 g/mol. The van der Waals surface area contributed by atoms with Gasteiger partial charge in [0.15, 0.2) is 9.91 Å². The molecule has 6 heteroatoms. The molecule has 0 unspecified atom stereocenters. The molecule has 2 aliphatic rings. The molecule has 2 aromatic rings. The lowest BCUT2D eigenvalue weighted by Crippen LogP contribution is -2.37. The van der Waals surface area contributed by atoms with Crippen LogP contribution in [0.4, 0.5) is 0 Å². The molecule has 0 radical (unpaired) electrons. The van der Waals surface area contributed by atoms with Gasteiger partial charge in [-0.1, -0.05) is 36.2 Å². The fourth-order valence-corrected chi connectivity index (χ4v) is 5.24. The molecule has 4 rings (SSSR count). The summed E-state index contributed by atoms with van der Waals surface area (Å²) in [6, 6.07) is 8.44. The highest BCUT2D eigenvalue weighted by atomic mass is 35.5. The number of nitrogens with one attached hydrogen (secondary N) is 1. The lowest BCUT2D eigenvalue weighted by atomic mass is 9.96. The Hall–Kier alpha value is -1.17. The third-order valence-corrected chi connectivity index (χ3v) is 6.57. The van der Waals surface area contributed by atoms with Gasteiger partial charge in [-0.3, -0.25) is 0 Å². The highest BCUT2D eigenvalue weighted by molar-refractivity contribution is 7.80. The van der Waals surface area contributed by atoms with E-state index in [2.05, 4.69) is 14.9 Å². The summed E-state index contributed by atoms with van der Waals surface area (Å²) in [5, 5.41) is 6.92. The van der Waals surface area contributed by atoms with Crippen molar-refractivity contribution in [1.29, 1.82) is 0 Å². The maximum absolute atomic E-state index is 6.27. The van der Waals surface area contributed by atoms with Crippen LogP contribution in [-0.2, 0) is 6.54 Å². The Morgan fingerprint density at radius 1 is 1.33 bits per heavy atom. The molecule has 2 bridgehead atoms. The molecule has 0 amide bonds. The van der Waals surface area contributed by atoms with Crippen molar-refractivity contribution < 1.29 is 0 Å². The van der Waals surface area contributed by atoms with Crippen molar-refractivity contribution in [2.24, 2.45) is 16.8 Å². The average molecular weight is 378 g/mol. The van der Waals surface area contributed by atoms with E-state index in [-0.39, 0.29) is 0 Å². The molecule has 3 nitrogen and oxygen atoms in total. The first-order valence-electron chi connectivity index (χ1n) is 8.41. The Labute approximate surface area is 156 Å². The first kappa shape index (κ1) is 16.3. The maximum Gasteiger partial charge on any atom is 0.195 e. The largest absolute Gasteiger partial charge is 0.358 e. The van der Waals surface area contributed by atoms with Crippen molar-refractivity contribution in [1.82, 2.24) is 9.88 Å². The third kappa shape index (κ3) is 3.44. The monoisotopic (exact) mass is 377 g/mol. The van der Waals surface area contributed by atoms with E-state index < -0.39 is 0 Å². The molecule has 2 aliphatic carbocycles. The van der Waals surface area contributed by atoms with Crippen molar-refractivity contribution in [3.63, 3.8) is 0 Å². The lowest BCUT2D eigenvalue weighted by Gasteiger charge is -2.22. The van der Waals surface area contributed by atoms with Crippen LogP contribution in [0.2, 0.25) is 5.02 Å². The number of fused-ring (bicyclic) bond motifs is 2. The quantitative estimate of drug-likeness (QED) is 0.811. The minimum Gasteiger partial charge on any atom is -0.358 e. The summed E-state index contributed by atoms with van der Waals surface area (Å²) < 4.78 is 2.10. The van der Waals surface area contributed by atoms with E-state index in [1.54, 1.807) is 11.3 Å². The van der Waals surface area contributed by atoms with Gasteiger partial charge >= 0.3 is 0 Å². The SMILES string of the molecule is S=C(N=c1sccn1Cc1ccccc1Cl)N[C@@H]1C[C@@H]2CC[C@@H]1C2. The topological polar surface area (TPSA) is 29.3 Å². The molecule has 1 N–H and O–H groups in total. The van der Waals surface area contributed by atoms with Crippen LogP contribution in [0, 0.1) is 11.8 Å².